The molecule has 0 radical (unpaired) electrons. The van der Waals surface area contributed by atoms with E-state index in [-0.39, 0.29) is 5.91 Å². The summed E-state index contributed by atoms with van der Waals surface area (Å²) in [5.41, 5.74) is 3.59. The number of azo groups is 1. The van der Waals surface area contributed by atoms with E-state index in [0.717, 1.165) is 11.3 Å². The minimum Gasteiger partial charge on any atom is -0.362 e. The van der Waals surface area contributed by atoms with Gasteiger partial charge in [0.2, 0.25) is 3.79 Å². The Kier molecular flexibility index (Phi) is 7.32. The van der Waals surface area contributed by atoms with Crippen molar-refractivity contribution in [3.05, 3.63) is 90.0 Å². The van der Waals surface area contributed by atoms with Gasteiger partial charge in [-0.3, -0.25) is 4.79 Å². The normalized spacial score (nSPS) is 12.5. The Labute approximate surface area is 190 Å². The van der Waals surface area contributed by atoms with Crippen molar-refractivity contribution >= 4 is 57.8 Å². The van der Waals surface area contributed by atoms with Crippen molar-refractivity contribution in [3.8, 4) is 0 Å². The van der Waals surface area contributed by atoms with Crippen LogP contribution in [0.4, 0.5) is 17.1 Å². The maximum absolute atomic E-state index is 12.5. The van der Waals surface area contributed by atoms with Crippen molar-refractivity contribution in [3.63, 3.8) is 0 Å². The summed E-state index contributed by atoms with van der Waals surface area (Å²) in [5.74, 6) is -0.355. The highest BCUT2D eigenvalue weighted by Crippen LogP contribution is 2.31. The number of hydrogen-bond acceptors (Lipinski definition) is 4. The van der Waals surface area contributed by atoms with Crippen LogP contribution in [-0.2, 0) is 0 Å². The minimum absolute atomic E-state index is 0.355. The number of carbonyl (C=O) groups excluding carboxylic acids is 1. The van der Waals surface area contributed by atoms with Gasteiger partial charge in [-0.2, -0.15) is 10.2 Å². The van der Waals surface area contributed by atoms with E-state index < -0.39 is 9.96 Å². The molecule has 0 saturated carbocycles. The number of halogens is 3. The lowest BCUT2D eigenvalue weighted by molar-refractivity contribution is 0.0942. The van der Waals surface area contributed by atoms with Crippen molar-refractivity contribution in [1.82, 2.24) is 5.32 Å². The minimum atomic E-state index is -1.77. The van der Waals surface area contributed by atoms with Crippen LogP contribution in [0, 0.1) is 6.92 Å². The first-order valence-corrected chi connectivity index (χ1v) is 10.2. The predicted molar refractivity (Wildman–Crippen MR) is 123 cm³/mol. The van der Waals surface area contributed by atoms with Crippen LogP contribution in [0.3, 0.4) is 0 Å². The van der Waals surface area contributed by atoms with Gasteiger partial charge in [-0.05, 0) is 55.5 Å². The molecule has 0 spiro atoms. The SMILES string of the molecule is Cc1ccc(C(=O)N[C@@H](Nc2ccc(N=Nc3ccccc3)cc2)C(Cl)(Cl)Cl)cc1. The monoisotopic (exact) mass is 460 g/mol. The Balaban J connectivity index is 1.68. The van der Waals surface area contributed by atoms with Crippen LogP contribution >= 0.6 is 34.8 Å². The van der Waals surface area contributed by atoms with E-state index in [1.165, 1.54) is 0 Å². The molecule has 1 atom stereocenters. The first-order chi connectivity index (χ1) is 14.3. The first kappa shape index (κ1) is 22.1. The van der Waals surface area contributed by atoms with Crippen LogP contribution in [0.1, 0.15) is 15.9 Å². The molecule has 0 saturated heterocycles. The summed E-state index contributed by atoms with van der Waals surface area (Å²) in [6.45, 7) is 1.94. The Morgan fingerprint density at radius 3 is 1.97 bits per heavy atom. The first-order valence-electron chi connectivity index (χ1n) is 9.09. The van der Waals surface area contributed by atoms with Crippen molar-refractivity contribution < 1.29 is 4.79 Å². The topological polar surface area (TPSA) is 65.8 Å². The van der Waals surface area contributed by atoms with Gasteiger partial charge < -0.3 is 10.6 Å². The van der Waals surface area contributed by atoms with Crippen molar-refractivity contribution in [1.29, 1.82) is 0 Å². The quantitative estimate of drug-likeness (QED) is 0.237. The highest BCUT2D eigenvalue weighted by atomic mass is 35.6. The summed E-state index contributed by atoms with van der Waals surface area (Å²) in [6.07, 6.45) is -0.951. The van der Waals surface area contributed by atoms with E-state index in [9.17, 15) is 4.79 Å². The molecule has 0 aliphatic carbocycles. The fourth-order valence-corrected chi connectivity index (χ4v) is 2.85. The van der Waals surface area contributed by atoms with Crippen LogP contribution in [-0.4, -0.2) is 15.9 Å². The van der Waals surface area contributed by atoms with Crippen LogP contribution in [0.2, 0.25) is 0 Å². The third-order valence-electron chi connectivity index (χ3n) is 4.13. The molecule has 0 bridgehead atoms. The molecule has 0 unspecified atom stereocenters. The molecule has 0 aliphatic heterocycles. The van der Waals surface area contributed by atoms with E-state index in [1.54, 1.807) is 36.4 Å². The zero-order valence-electron chi connectivity index (χ0n) is 16.0. The number of rotatable bonds is 6. The van der Waals surface area contributed by atoms with Gasteiger partial charge in [0, 0.05) is 11.3 Å². The maximum Gasteiger partial charge on any atom is 0.252 e. The van der Waals surface area contributed by atoms with Gasteiger partial charge in [-0.15, -0.1) is 0 Å². The zero-order chi connectivity index (χ0) is 21.6. The molecular weight excluding hydrogens is 443 g/mol. The van der Waals surface area contributed by atoms with Crippen molar-refractivity contribution in [2.45, 2.75) is 16.9 Å². The average molecular weight is 462 g/mol. The molecule has 0 fully saturated rings. The van der Waals surface area contributed by atoms with Gasteiger partial charge in [-0.1, -0.05) is 70.7 Å². The zero-order valence-corrected chi connectivity index (χ0v) is 18.3. The molecule has 3 aromatic carbocycles. The fourth-order valence-electron chi connectivity index (χ4n) is 2.52. The molecule has 3 rings (SSSR count). The van der Waals surface area contributed by atoms with E-state index in [2.05, 4.69) is 20.9 Å². The van der Waals surface area contributed by atoms with Gasteiger partial charge in [0.1, 0.15) is 6.17 Å². The number of amides is 1. The second-order valence-corrected chi connectivity index (χ2v) is 8.91. The number of carbonyl (C=O) groups is 1. The lowest BCUT2D eigenvalue weighted by Gasteiger charge is -2.27. The Morgan fingerprint density at radius 1 is 0.833 bits per heavy atom. The van der Waals surface area contributed by atoms with Crippen LogP contribution in [0.15, 0.2) is 89.1 Å². The largest absolute Gasteiger partial charge is 0.362 e. The van der Waals surface area contributed by atoms with Crippen LogP contribution in [0.5, 0.6) is 0 Å². The number of benzene rings is 3. The Hall–Kier alpha value is -2.60. The van der Waals surface area contributed by atoms with E-state index >= 15 is 0 Å². The molecule has 30 heavy (non-hydrogen) atoms. The van der Waals surface area contributed by atoms with Gasteiger partial charge in [0.05, 0.1) is 11.4 Å². The summed E-state index contributed by atoms with van der Waals surface area (Å²) < 4.78 is -1.77. The summed E-state index contributed by atoms with van der Waals surface area (Å²) in [5, 5.41) is 14.1. The van der Waals surface area contributed by atoms with Crippen molar-refractivity contribution in [2.75, 3.05) is 5.32 Å². The summed E-state index contributed by atoms with van der Waals surface area (Å²) in [7, 11) is 0. The molecular formula is C22H19Cl3N4O. The molecule has 0 aromatic heterocycles. The Bertz CT molecular complexity index is 1000. The number of nitrogens with zero attached hydrogens (tertiary/aromatic N) is 2. The number of anilines is 1. The molecule has 1 amide bonds. The Morgan fingerprint density at radius 2 is 1.40 bits per heavy atom. The van der Waals surface area contributed by atoms with Gasteiger partial charge in [-0.25, -0.2) is 0 Å². The fraction of sp³-hybridized carbons (Fsp3) is 0.136. The molecule has 154 valence electrons. The molecule has 0 heterocycles. The third-order valence-corrected chi connectivity index (χ3v) is 4.79. The summed E-state index contributed by atoms with van der Waals surface area (Å²) >= 11 is 18.2. The summed E-state index contributed by atoms with van der Waals surface area (Å²) in [6, 6.07) is 23.6. The highest BCUT2D eigenvalue weighted by molar-refractivity contribution is 6.68. The second-order valence-electron chi connectivity index (χ2n) is 6.54. The van der Waals surface area contributed by atoms with Crippen LogP contribution < -0.4 is 10.6 Å². The third kappa shape index (κ3) is 6.46. The molecule has 3 aromatic rings. The number of alkyl halides is 3. The molecule has 2 N–H and O–H groups in total. The maximum atomic E-state index is 12.5. The standard InChI is InChI=1S/C22H19Cl3N4O/c1-15-7-9-16(10-8-15)20(30)27-21(22(23,24)25)26-17-11-13-19(14-12-17)29-28-18-5-3-2-4-6-18/h2-14,21,26H,1H3,(H,27,30)/t21-/m1/s1. The van der Waals surface area contributed by atoms with Gasteiger partial charge >= 0.3 is 0 Å². The lowest BCUT2D eigenvalue weighted by Crippen LogP contribution is -2.49. The number of nitrogens with one attached hydrogen (secondary N) is 2. The van der Waals surface area contributed by atoms with E-state index in [0.29, 0.717) is 16.9 Å². The molecule has 5 nitrogen and oxygen atoms in total. The van der Waals surface area contributed by atoms with Crippen molar-refractivity contribution in [2.24, 2.45) is 10.2 Å². The summed E-state index contributed by atoms with van der Waals surface area (Å²) in [4.78, 5) is 12.5. The molecule has 0 aliphatic rings. The lowest BCUT2D eigenvalue weighted by atomic mass is 10.1. The van der Waals surface area contributed by atoms with Crippen LogP contribution in [0.25, 0.3) is 0 Å². The number of aryl methyl sites for hydroxylation is 1. The van der Waals surface area contributed by atoms with E-state index in [4.69, 9.17) is 34.8 Å². The average Bonchev–Trinajstić information content (AvgIpc) is 2.73. The van der Waals surface area contributed by atoms with E-state index in [1.807, 2.05) is 49.4 Å². The highest BCUT2D eigenvalue weighted by Gasteiger charge is 2.34. The smallest absolute Gasteiger partial charge is 0.252 e. The van der Waals surface area contributed by atoms with Gasteiger partial charge in [0.15, 0.2) is 0 Å². The predicted octanol–water partition coefficient (Wildman–Crippen LogP) is 6.95. The van der Waals surface area contributed by atoms with Gasteiger partial charge in [0.25, 0.3) is 5.91 Å². The number of hydrogen-bond donors (Lipinski definition) is 2. The molecule has 8 heteroatoms. The second kappa shape index (κ2) is 9.94.